The number of benzene rings is 2. The molecule has 1 N–H and O–H groups in total. The van der Waals surface area contributed by atoms with Gasteiger partial charge < -0.3 is 4.74 Å². The van der Waals surface area contributed by atoms with Gasteiger partial charge in [-0.3, -0.25) is 0 Å². The Hall–Kier alpha value is -2.25. The van der Waals surface area contributed by atoms with Crippen molar-refractivity contribution in [1.29, 1.82) is 0 Å². The number of halogens is 1. The molecule has 23 heavy (non-hydrogen) atoms. The summed E-state index contributed by atoms with van der Waals surface area (Å²) < 4.78 is 8.24. The number of rotatable bonds is 4. The first-order chi connectivity index (χ1) is 11.2. The summed E-state index contributed by atoms with van der Waals surface area (Å²) in [5.41, 5.74) is 1.76. The quantitative estimate of drug-likeness (QED) is 0.536. The van der Waals surface area contributed by atoms with E-state index < -0.39 is 0 Å². The molecule has 3 rings (SSSR count). The Labute approximate surface area is 146 Å². The van der Waals surface area contributed by atoms with Crippen molar-refractivity contribution in [3.63, 3.8) is 0 Å². The zero-order chi connectivity index (χ0) is 16.2. The van der Waals surface area contributed by atoms with Gasteiger partial charge in [0, 0.05) is 15.6 Å². The summed E-state index contributed by atoms with van der Waals surface area (Å²) in [6.45, 7) is 0. The summed E-state index contributed by atoms with van der Waals surface area (Å²) in [4.78, 5) is 0. The third-order valence-electron chi connectivity index (χ3n) is 3.22. The van der Waals surface area contributed by atoms with Crippen LogP contribution in [0.4, 0.5) is 0 Å². The lowest BCUT2D eigenvalue weighted by atomic mass is 10.2. The molecule has 1 aromatic heterocycles. The number of para-hydroxylation sites is 1. The van der Waals surface area contributed by atoms with Gasteiger partial charge in [-0.05, 0) is 36.5 Å². The second kappa shape index (κ2) is 6.89. The van der Waals surface area contributed by atoms with E-state index in [4.69, 9.17) is 17.0 Å². The van der Waals surface area contributed by atoms with Gasteiger partial charge in [0.15, 0.2) is 5.82 Å². The molecule has 0 unspecified atom stereocenters. The fourth-order valence-electron chi connectivity index (χ4n) is 2.11. The molecule has 0 amide bonds. The molecular formula is C16H13BrN4OS. The molecule has 7 heteroatoms. The van der Waals surface area contributed by atoms with Crippen LogP contribution in [0.1, 0.15) is 5.56 Å². The maximum Gasteiger partial charge on any atom is 0.216 e. The number of H-pyrrole nitrogens is 1. The number of hydrogen-bond acceptors (Lipinski definition) is 4. The molecule has 0 atom stereocenters. The molecule has 0 radical (unpaired) electrons. The second-order valence-corrected chi connectivity index (χ2v) is 5.87. The molecule has 1 heterocycles. The highest BCUT2D eigenvalue weighted by molar-refractivity contribution is 9.10. The fraction of sp³-hybridized carbons (Fsp3) is 0.0625. The smallest absolute Gasteiger partial charge is 0.216 e. The van der Waals surface area contributed by atoms with Crippen molar-refractivity contribution in [3.05, 3.63) is 63.3 Å². The van der Waals surface area contributed by atoms with E-state index in [1.54, 1.807) is 18.0 Å². The summed E-state index contributed by atoms with van der Waals surface area (Å²) in [6, 6.07) is 15.4. The first kappa shape index (κ1) is 15.6. The van der Waals surface area contributed by atoms with Gasteiger partial charge in [-0.25, -0.2) is 5.10 Å². The number of ether oxygens (including phenoxy) is 1. The summed E-state index contributed by atoms with van der Waals surface area (Å²) in [5.74, 6) is 1.38. The molecule has 0 saturated heterocycles. The van der Waals surface area contributed by atoms with E-state index in [2.05, 4.69) is 31.2 Å². The van der Waals surface area contributed by atoms with Gasteiger partial charge in [-0.15, -0.1) is 0 Å². The molecular weight excluding hydrogens is 376 g/mol. The number of methoxy groups -OCH3 is 1. The SMILES string of the molecule is COc1ccccc1C=Nn1c(-c2ccccc2Br)n[nH]c1=S. The van der Waals surface area contributed by atoms with Crippen molar-refractivity contribution in [2.45, 2.75) is 0 Å². The van der Waals surface area contributed by atoms with Crippen molar-refractivity contribution in [2.75, 3.05) is 7.11 Å². The second-order valence-electron chi connectivity index (χ2n) is 4.63. The number of nitrogens with zero attached hydrogens (tertiary/aromatic N) is 3. The van der Waals surface area contributed by atoms with Crippen LogP contribution in [0.15, 0.2) is 58.1 Å². The fourth-order valence-corrected chi connectivity index (χ4v) is 2.75. The third kappa shape index (κ3) is 3.25. The number of aromatic amines is 1. The topological polar surface area (TPSA) is 55.2 Å². The van der Waals surface area contributed by atoms with Crippen molar-refractivity contribution >= 4 is 34.4 Å². The predicted molar refractivity (Wildman–Crippen MR) is 96.5 cm³/mol. The van der Waals surface area contributed by atoms with E-state index in [9.17, 15) is 0 Å². The zero-order valence-corrected chi connectivity index (χ0v) is 14.6. The van der Waals surface area contributed by atoms with E-state index in [0.717, 1.165) is 21.3 Å². The molecule has 3 aromatic rings. The third-order valence-corrected chi connectivity index (χ3v) is 4.17. The molecule has 116 valence electrons. The van der Waals surface area contributed by atoms with Crippen LogP contribution < -0.4 is 4.74 Å². The van der Waals surface area contributed by atoms with Crippen molar-refractivity contribution in [2.24, 2.45) is 5.10 Å². The minimum absolute atomic E-state index is 0.418. The van der Waals surface area contributed by atoms with Gasteiger partial charge >= 0.3 is 0 Å². The molecule has 0 bridgehead atoms. The Morgan fingerprint density at radius 3 is 2.74 bits per heavy atom. The molecule has 0 aliphatic carbocycles. The maximum atomic E-state index is 5.32. The Kier molecular flexibility index (Phi) is 4.68. The summed E-state index contributed by atoms with van der Waals surface area (Å²) >= 11 is 8.80. The highest BCUT2D eigenvalue weighted by atomic mass is 79.9. The molecule has 0 spiro atoms. The highest BCUT2D eigenvalue weighted by Crippen LogP contribution is 2.26. The van der Waals surface area contributed by atoms with E-state index in [1.807, 2.05) is 48.5 Å². The average molecular weight is 389 g/mol. The lowest BCUT2D eigenvalue weighted by Gasteiger charge is -2.05. The zero-order valence-electron chi connectivity index (χ0n) is 12.2. The van der Waals surface area contributed by atoms with E-state index >= 15 is 0 Å². The van der Waals surface area contributed by atoms with Crippen LogP contribution in [0.3, 0.4) is 0 Å². The van der Waals surface area contributed by atoms with Crippen LogP contribution in [0.5, 0.6) is 5.75 Å². The molecule has 0 fully saturated rings. The number of aromatic nitrogens is 3. The lowest BCUT2D eigenvalue weighted by Crippen LogP contribution is -1.97. The van der Waals surface area contributed by atoms with E-state index in [-0.39, 0.29) is 0 Å². The van der Waals surface area contributed by atoms with Crippen LogP contribution in [-0.2, 0) is 0 Å². The van der Waals surface area contributed by atoms with Gasteiger partial charge in [0.2, 0.25) is 4.77 Å². The molecule has 0 aliphatic rings. The Balaban J connectivity index is 2.05. The summed E-state index contributed by atoms with van der Waals surface area (Å²) in [6.07, 6.45) is 1.70. The van der Waals surface area contributed by atoms with Crippen LogP contribution in [-0.4, -0.2) is 28.2 Å². The van der Waals surface area contributed by atoms with Gasteiger partial charge in [0.1, 0.15) is 5.75 Å². The monoisotopic (exact) mass is 388 g/mol. The van der Waals surface area contributed by atoms with Gasteiger partial charge in [-0.2, -0.15) is 14.9 Å². The Morgan fingerprint density at radius 2 is 1.96 bits per heavy atom. The van der Waals surface area contributed by atoms with Gasteiger partial charge in [0.25, 0.3) is 0 Å². The van der Waals surface area contributed by atoms with E-state index in [1.165, 1.54) is 0 Å². The highest BCUT2D eigenvalue weighted by Gasteiger charge is 2.11. The van der Waals surface area contributed by atoms with Gasteiger partial charge in [0.05, 0.1) is 13.3 Å². The standard InChI is InChI=1S/C16H13BrN4OS/c1-22-14-9-5-2-6-11(14)10-18-21-15(19-20-16(21)23)12-7-3-4-8-13(12)17/h2-10H,1H3,(H,20,23). The maximum absolute atomic E-state index is 5.32. The number of nitrogens with one attached hydrogen (secondary N) is 1. The molecule has 0 saturated carbocycles. The Morgan fingerprint density at radius 1 is 1.22 bits per heavy atom. The lowest BCUT2D eigenvalue weighted by molar-refractivity contribution is 0.414. The van der Waals surface area contributed by atoms with Gasteiger partial charge in [-0.1, -0.05) is 40.2 Å². The average Bonchev–Trinajstić information content (AvgIpc) is 2.94. The van der Waals surface area contributed by atoms with Crippen LogP contribution >= 0.6 is 28.1 Å². The van der Waals surface area contributed by atoms with Crippen LogP contribution in [0.2, 0.25) is 0 Å². The van der Waals surface area contributed by atoms with Crippen molar-refractivity contribution in [3.8, 4) is 17.1 Å². The summed E-state index contributed by atoms with van der Waals surface area (Å²) in [5, 5.41) is 11.5. The largest absolute Gasteiger partial charge is 0.496 e. The number of hydrogen-bond donors (Lipinski definition) is 1. The minimum atomic E-state index is 0.418. The minimum Gasteiger partial charge on any atom is -0.496 e. The summed E-state index contributed by atoms with van der Waals surface area (Å²) in [7, 11) is 1.63. The normalized spacial score (nSPS) is 11.0. The Bertz CT molecular complexity index is 916. The van der Waals surface area contributed by atoms with Crippen molar-refractivity contribution < 1.29 is 4.74 Å². The van der Waals surface area contributed by atoms with E-state index in [0.29, 0.717) is 10.6 Å². The van der Waals surface area contributed by atoms with Crippen molar-refractivity contribution in [1.82, 2.24) is 14.9 Å². The molecule has 0 aliphatic heterocycles. The van der Waals surface area contributed by atoms with Crippen LogP contribution in [0, 0.1) is 4.77 Å². The first-order valence-corrected chi connectivity index (χ1v) is 8.00. The predicted octanol–water partition coefficient (Wildman–Crippen LogP) is 4.26. The van der Waals surface area contributed by atoms with Crippen LogP contribution in [0.25, 0.3) is 11.4 Å². The molecule has 5 nitrogen and oxygen atoms in total. The molecule has 2 aromatic carbocycles. The first-order valence-electron chi connectivity index (χ1n) is 6.80.